The molecule has 1 aliphatic rings. The van der Waals surface area contributed by atoms with Crippen molar-refractivity contribution in [2.24, 2.45) is 5.73 Å². The smallest absolute Gasteiger partial charge is 0.410 e. The van der Waals surface area contributed by atoms with Crippen LogP contribution in [0.4, 0.5) is 4.79 Å². The van der Waals surface area contributed by atoms with Crippen molar-refractivity contribution >= 4 is 17.9 Å². The number of nitrogens with two attached hydrogens (primary N) is 1. The van der Waals surface area contributed by atoms with E-state index in [2.05, 4.69) is 17.4 Å². The zero-order valence-electron chi connectivity index (χ0n) is 20.1. The van der Waals surface area contributed by atoms with E-state index in [4.69, 9.17) is 10.5 Å². The Morgan fingerprint density at radius 1 is 1.16 bits per heavy atom. The molecule has 9 heteroatoms. The van der Waals surface area contributed by atoms with Crippen molar-refractivity contribution < 1.29 is 19.1 Å². The molecular weight excluding hydrogens is 410 g/mol. The van der Waals surface area contributed by atoms with Crippen LogP contribution in [0.3, 0.4) is 0 Å². The van der Waals surface area contributed by atoms with Crippen LogP contribution >= 0.6 is 0 Å². The van der Waals surface area contributed by atoms with Gasteiger partial charge in [0.2, 0.25) is 11.8 Å². The summed E-state index contributed by atoms with van der Waals surface area (Å²) < 4.78 is 5.51. The molecule has 1 heterocycles. The van der Waals surface area contributed by atoms with E-state index in [1.807, 2.05) is 31.0 Å². The van der Waals surface area contributed by atoms with E-state index in [1.165, 1.54) is 16.0 Å². The molecule has 0 radical (unpaired) electrons. The van der Waals surface area contributed by atoms with Gasteiger partial charge in [0, 0.05) is 32.7 Å². The fourth-order valence-corrected chi connectivity index (χ4v) is 3.53. The van der Waals surface area contributed by atoms with Gasteiger partial charge in [-0.15, -0.1) is 0 Å². The topological polar surface area (TPSA) is 108 Å². The molecule has 1 aliphatic heterocycles. The molecule has 0 aliphatic carbocycles. The average Bonchev–Trinajstić information content (AvgIpc) is 3.13. The lowest BCUT2D eigenvalue weighted by Gasteiger charge is -2.34. The van der Waals surface area contributed by atoms with Crippen LogP contribution in [0.25, 0.3) is 0 Å². The molecule has 9 nitrogen and oxygen atoms in total. The standard InChI is InChI=1S/C23H37N5O4/c1-16(2)28(22(31)32-23(3,4)5)15-19(25-20(29)12-24)11-21(30)26(6)27-13-17-9-7-8-10-18(17)14-27/h7-10,16,19H,11-15,24H2,1-6H3,(H,25,29). The van der Waals surface area contributed by atoms with E-state index in [0.717, 1.165) is 0 Å². The fraction of sp³-hybridized carbons (Fsp3) is 0.609. The number of carbonyl (C=O) groups excluding carboxylic acids is 3. The lowest BCUT2D eigenvalue weighted by molar-refractivity contribution is -0.147. The number of nitrogens with zero attached hydrogens (tertiary/aromatic N) is 3. The molecular formula is C23H37N5O4. The zero-order valence-corrected chi connectivity index (χ0v) is 20.1. The molecule has 2 rings (SSSR count). The van der Waals surface area contributed by atoms with Crippen molar-refractivity contribution in [3.8, 4) is 0 Å². The molecule has 1 aromatic rings. The van der Waals surface area contributed by atoms with Crippen LogP contribution in [0.5, 0.6) is 0 Å². The minimum atomic E-state index is -0.652. The van der Waals surface area contributed by atoms with Gasteiger partial charge >= 0.3 is 6.09 Å². The number of carbonyl (C=O) groups is 3. The van der Waals surface area contributed by atoms with Crippen molar-refractivity contribution in [1.29, 1.82) is 0 Å². The summed E-state index contributed by atoms with van der Waals surface area (Å²) in [6, 6.07) is 7.31. The number of nitrogens with one attached hydrogen (secondary N) is 1. The maximum atomic E-state index is 13.1. The first-order valence-corrected chi connectivity index (χ1v) is 11.0. The second kappa shape index (κ2) is 10.8. The quantitative estimate of drug-likeness (QED) is 0.630. The van der Waals surface area contributed by atoms with E-state index < -0.39 is 17.7 Å². The van der Waals surface area contributed by atoms with Gasteiger partial charge in [-0.25, -0.2) is 9.80 Å². The second-order valence-corrected chi connectivity index (χ2v) is 9.41. The second-order valence-electron chi connectivity index (χ2n) is 9.41. The predicted molar refractivity (Wildman–Crippen MR) is 122 cm³/mol. The third-order valence-electron chi connectivity index (χ3n) is 5.25. The summed E-state index contributed by atoms with van der Waals surface area (Å²) in [6.07, 6.45) is -0.462. The number of fused-ring (bicyclic) bond motifs is 1. The van der Waals surface area contributed by atoms with Crippen LogP contribution in [0, 0.1) is 0 Å². The molecule has 0 fully saturated rings. The number of ether oxygens (including phenoxy) is 1. The van der Waals surface area contributed by atoms with E-state index in [1.54, 1.807) is 32.8 Å². The van der Waals surface area contributed by atoms with Crippen molar-refractivity contribution in [2.45, 2.75) is 71.8 Å². The maximum Gasteiger partial charge on any atom is 0.410 e. The highest BCUT2D eigenvalue weighted by Crippen LogP contribution is 2.23. The van der Waals surface area contributed by atoms with Gasteiger partial charge in [0.15, 0.2) is 0 Å². The van der Waals surface area contributed by atoms with Crippen LogP contribution in [0.2, 0.25) is 0 Å². The molecule has 0 spiro atoms. The van der Waals surface area contributed by atoms with Crippen LogP contribution in [-0.4, -0.2) is 70.6 Å². The largest absolute Gasteiger partial charge is 0.444 e. The Hall–Kier alpha value is -2.65. The summed E-state index contributed by atoms with van der Waals surface area (Å²) in [4.78, 5) is 39.3. The minimum absolute atomic E-state index is 0.0289. The Morgan fingerprint density at radius 2 is 1.72 bits per heavy atom. The van der Waals surface area contributed by atoms with Gasteiger partial charge in [0.25, 0.3) is 0 Å². The number of amides is 3. The number of hydrogen-bond donors (Lipinski definition) is 2. The van der Waals surface area contributed by atoms with Gasteiger partial charge in [0.1, 0.15) is 5.60 Å². The Morgan fingerprint density at radius 3 is 2.19 bits per heavy atom. The molecule has 0 bridgehead atoms. The third kappa shape index (κ3) is 7.20. The van der Waals surface area contributed by atoms with Gasteiger partial charge < -0.3 is 20.7 Å². The summed E-state index contributed by atoms with van der Waals surface area (Å²) in [5, 5.41) is 6.34. The first kappa shape index (κ1) is 25.6. The molecule has 178 valence electrons. The van der Waals surface area contributed by atoms with Crippen LogP contribution in [-0.2, 0) is 27.4 Å². The first-order chi connectivity index (χ1) is 14.9. The van der Waals surface area contributed by atoms with Gasteiger partial charge in [-0.05, 0) is 45.7 Å². The van der Waals surface area contributed by atoms with E-state index >= 15 is 0 Å². The highest BCUT2D eigenvalue weighted by atomic mass is 16.6. The zero-order chi connectivity index (χ0) is 24.1. The molecule has 1 unspecified atom stereocenters. The lowest BCUT2D eigenvalue weighted by Crippen LogP contribution is -2.52. The normalized spacial score (nSPS) is 14.6. The molecule has 0 aromatic heterocycles. The van der Waals surface area contributed by atoms with Crippen LogP contribution in [0.15, 0.2) is 24.3 Å². The Bertz CT molecular complexity index is 796. The van der Waals surface area contributed by atoms with Gasteiger partial charge in [-0.2, -0.15) is 0 Å². The molecule has 32 heavy (non-hydrogen) atoms. The van der Waals surface area contributed by atoms with Crippen LogP contribution < -0.4 is 11.1 Å². The van der Waals surface area contributed by atoms with Crippen molar-refractivity contribution in [2.75, 3.05) is 20.1 Å². The minimum Gasteiger partial charge on any atom is -0.444 e. The maximum absolute atomic E-state index is 13.1. The SMILES string of the molecule is CC(C)N(CC(CC(=O)N(C)N1Cc2ccccc2C1)NC(=O)CN)C(=O)OC(C)(C)C. The van der Waals surface area contributed by atoms with E-state index in [9.17, 15) is 14.4 Å². The summed E-state index contributed by atoms with van der Waals surface area (Å²) in [5.74, 6) is -0.542. The average molecular weight is 448 g/mol. The van der Waals surface area contributed by atoms with E-state index in [0.29, 0.717) is 13.1 Å². The van der Waals surface area contributed by atoms with Crippen molar-refractivity contribution in [1.82, 2.24) is 20.2 Å². The highest BCUT2D eigenvalue weighted by Gasteiger charge is 2.31. The third-order valence-corrected chi connectivity index (χ3v) is 5.25. The summed E-state index contributed by atoms with van der Waals surface area (Å²) in [5.41, 5.74) is 7.20. The fourth-order valence-electron chi connectivity index (χ4n) is 3.53. The lowest BCUT2D eigenvalue weighted by atomic mass is 10.1. The molecule has 3 amide bonds. The summed E-state index contributed by atoms with van der Waals surface area (Å²) >= 11 is 0. The predicted octanol–water partition coefficient (Wildman–Crippen LogP) is 1.85. The number of hydrogen-bond acceptors (Lipinski definition) is 6. The van der Waals surface area contributed by atoms with Crippen molar-refractivity contribution in [3.63, 3.8) is 0 Å². The summed E-state index contributed by atoms with van der Waals surface area (Å²) in [6.45, 7) is 10.3. The Kier molecular flexibility index (Phi) is 8.63. The number of hydrazine groups is 1. The van der Waals surface area contributed by atoms with Gasteiger partial charge in [-0.1, -0.05) is 24.3 Å². The Balaban J connectivity index is 2.09. The number of benzene rings is 1. The first-order valence-electron chi connectivity index (χ1n) is 11.0. The highest BCUT2D eigenvalue weighted by molar-refractivity contribution is 5.80. The Labute approximate surface area is 190 Å². The molecule has 3 N–H and O–H groups in total. The molecule has 0 saturated heterocycles. The van der Waals surface area contributed by atoms with Crippen LogP contribution in [0.1, 0.15) is 52.2 Å². The van der Waals surface area contributed by atoms with E-state index in [-0.39, 0.29) is 37.4 Å². The van der Waals surface area contributed by atoms with Gasteiger partial charge in [-0.3, -0.25) is 14.6 Å². The summed E-state index contributed by atoms with van der Waals surface area (Å²) in [7, 11) is 1.73. The molecule has 1 aromatic carbocycles. The monoisotopic (exact) mass is 447 g/mol. The van der Waals surface area contributed by atoms with Gasteiger partial charge in [0.05, 0.1) is 19.0 Å². The molecule has 1 atom stereocenters. The molecule has 0 saturated carbocycles. The number of rotatable bonds is 8. The van der Waals surface area contributed by atoms with Crippen molar-refractivity contribution in [3.05, 3.63) is 35.4 Å².